The van der Waals surface area contributed by atoms with Crippen molar-refractivity contribution >= 4 is 40.0 Å². The van der Waals surface area contributed by atoms with Gasteiger partial charge in [0.1, 0.15) is 5.82 Å². The molecule has 1 fully saturated rings. The molecule has 5 heteroatoms. The number of nitrogens with one attached hydrogen (secondary N) is 1. The van der Waals surface area contributed by atoms with Gasteiger partial charge in [-0.25, -0.2) is 9.97 Å². The van der Waals surface area contributed by atoms with Gasteiger partial charge in [0.15, 0.2) is 5.82 Å². The average Bonchev–Trinajstić information content (AvgIpc) is 3.24. The molecule has 0 saturated heterocycles. The summed E-state index contributed by atoms with van der Waals surface area (Å²) >= 11 is 8.56. The van der Waals surface area contributed by atoms with E-state index in [2.05, 4.69) is 32.9 Å². The van der Waals surface area contributed by atoms with E-state index in [0.717, 1.165) is 20.6 Å². The number of hydrogen-bond acceptors (Lipinski definition) is 3. The number of benzene rings is 1. The lowest BCUT2D eigenvalue weighted by Gasteiger charge is -2.11. The second kappa shape index (κ2) is 5.25. The van der Waals surface area contributed by atoms with Crippen LogP contribution in [0.2, 0.25) is 5.02 Å². The summed E-state index contributed by atoms with van der Waals surface area (Å²) in [5.41, 5.74) is 2.04. The summed E-state index contributed by atoms with van der Waals surface area (Å²) in [6, 6.07) is 7.70. The SMILES string of the molecule is CNc1nc(-c2ccccc2Cl)nc(C2CC2)c1I. The van der Waals surface area contributed by atoms with Gasteiger partial charge in [-0.05, 0) is 47.6 Å². The van der Waals surface area contributed by atoms with Gasteiger partial charge in [0, 0.05) is 18.5 Å². The molecular weight excluding hydrogens is 373 g/mol. The number of rotatable bonds is 3. The van der Waals surface area contributed by atoms with Crippen LogP contribution in [-0.2, 0) is 0 Å². The third-order valence-electron chi connectivity index (χ3n) is 3.19. The van der Waals surface area contributed by atoms with E-state index in [1.54, 1.807) is 0 Å². The van der Waals surface area contributed by atoms with Crippen LogP contribution in [0.1, 0.15) is 24.5 Å². The molecule has 3 rings (SSSR count). The summed E-state index contributed by atoms with van der Waals surface area (Å²) in [6.45, 7) is 0. The summed E-state index contributed by atoms with van der Waals surface area (Å²) in [5.74, 6) is 2.17. The molecule has 0 radical (unpaired) electrons. The fourth-order valence-corrected chi connectivity index (χ4v) is 3.19. The highest BCUT2D eigenvalue weighted by molar-refractivity contribution is 14.1. The maximum atomic E-state index is 6.24. The molecule has 3 nitrogen and oxygen atoms in total. The molecular formula is C14H13ClIN3. The third-order valence-corrected chi connectivity index (χ3v) is 4.59. The van der Waals surface area contributed by atoms with Gasteiger partial charge < -0.3 is 5.32 Å². The number of nitrogens with zero attached hydrogens (tertiary/aromatic N) is 2. The predicted molar refractivity (Wildman–Crippen MR) is 86.7 cm³/mol. The molecule has 1 aliphatic rings. The van der Waals surface area contributed by atoms with Gasteiger partial charge in [-0.1, -0.05) is 23.7 Å². The van der Waals surface area contributed by atoms with Gasteiger partial charge in [0.05, 0.1) is 14.3 Å². The third kappa shape index (κ3) is 2.56. The van der Waals surface area contributed by atoms with Gasteiger partial charge in [0.25, 0.3) is 0 Å². The highest BCUT2D eigenvalue weighted by Crippen LogP contribution is 2.43. The van der Waals surface area contributed by atoms with Crippen LogP contribution in [0.25, 0.3) is 11.4 Å². The number of anilines is 1. The molecule has 0 aliphatic heterocycles. The van der Waals surface area contributed by atoms with Crippen LogP contribution in [0.15, 0.2) is 24.3 Å². The van der Waals surface area contributed by atoms with E-state index in [1.807, 2.05) is 31.3 Å². The van der Waals surface area contributed by atoms with Gasteiger partial charge in [0.2, 0.25) is 0 Å². The lowest BCUT2D eigenvalue weighted by molar-refractivity contribution is 0.979. The summed E-state index contributed by atoms with van der Waals surface area (Å²) < 4.78 is 1.12. The van der Waals surface area contributed by atoms with Crippen LogP contribution in [-0.4, -0.2) is 17.0 Å². The van der Waals surface area contributed by atoms with E-state index in [-0.39, 0.29) is 0 Å². The molecule has 2 aromatic rings. The van der Waals surface area contributed by atoms with Crippen molar-refractivity contribution in [3.63, 3.8) is 0 Å². The van der Waals surface area contributed by atoms with Crippen LogP contribution in [0.3, 0.4) is 0 Å². The smallest absolute Gasteiger partial charge is 0.163 e. The van der Waals surface area contributed by atoms with Crippen LogP contribution >= 0.6 is 34.2 Å². The molecule has 1 N–H and O–H groups in total. The molecule has 1 aliphatic carbocycles. The number of aromatic nitrogens is 2. The molecule has 0 atom stereocenters. The Morgan fingerprint density at radius 3 is 2.63 bits per heavy atom. The zero-order chi connectivity index (χ0) is 13.4. The Morgan fingerprint density at radius 1 is 1.26 bits per heavy atom. The van der Waals surface area contributed by atoms with Gasteiger partial charge in [-0.3, -0.25) is 0 Å². The summed E-state index contributed by atoms with van der Waals surface area (Å²) in [6.07, 6.45) is 2.44. The van der Waals surface area contributed by atoms with Crippen molar-refractivity contribution in [2.75, 3.05) is 12.4 Å². The van der Waals surface area contributed by atoms with Crippen molar-refractivity contribution in [1.29, 1.82) is 0 Å². The van der Waals surface area contributed by atoms with Crippen molar-refractivity contribution in [2.24, 2.45) is 0 Å². The summed E-state index contributed by atoms with van der Waals surface area (Å²) in [4.78, 5) is 9.31. The van der Waals surface area contributed by atoms with Crippen molar-refractivity contribution < 1.29 is 0 Å². The van der Waals surface area contributed by atoms with Crippen LogP contribution in [0.5, 0.6) is 0 Å². The van der Waals surface area contributed by atoms with Crippen LogP contribution < -0.4 is 5.32 Å². The minimum atomic E-state index is 0.586. The molecule has 1 aromatic heterocycles. The minimum Gasteiger partial charge on any atom is -0.372 e. The Balaban J connectivity index is 2.16. The zero-order valence-corrected chi connectivity index (χ0v) is 13.4. The second-order valence-corrected chi connectivity index (χ2v) is 6.09. The van der Waals surface area contributed by atoms with E-state index >= 15 is 0 Å². The fraction of sp³-hybridized carbons (Fsp3) is 0.286. The summed E-state index contributed by atoms with van der Waals surface area (Å²) in [7, 11) is 1.89. The van der Waals surface area contributed by atoms with E-state index in [4.69, 9.17) is 16.6 Å². The lowest BCUT2D eigenvalue weighted by atomic mass is 10.2. The summed E-state index contributed by atoms with van der Waals surface area (Å²) in [5, 5.41) is 3.83. The van der Waals surface area contributed by atoms with Gasteiger partial charge in [-0.2, -0.15) is 0 Å². The van der Waals surface area contributed by atoms with Crippen molar-refractivity contribution in [1.82, 2.24) is 9.97 Å². The quantitative estimate of drug-likeness (QED) is 0.800. The molecule has 0 spiro atoms. The molecule has 0 unspecified atom stereocenters. The highest BCUT2D eigenvalue weighted by atomic mass is 127. The first-order chi connectivity index (χ1) is 9.20. The average molecular weight is 386 g/mol. The van der Waals surface area contributed by atoms with Gasteiger partial charge >= 0.3 is 0 Å². The molecule has 0 bridgehead atoms. The van der Waals surface area contributed by atoms with Crippen LogP contribution in [0, 0.1) is 3.57 Å². The van der Waals surface area contributed by atoms with E-state index in [9.17, 15) is 0 Å². The topological polar surface area (TPSA) is 37.8 Å². The van der Waals surface area contributed by atoms with Crippen molar-refractivity contribution in [2.45, 2.75) is 18.8 Å². The molecule has 19 heavy (non-hydrogen) atoms. The second-order valence-electron chi connectivity index (χ2n) is 4.60. The number of halogens is 2. The normalized spacial score (nSPS) is 14.5. The minimum absolute atomic E-state index is 0.586. The Hall–Kier alpha value is -0.880. The van der Waals surface area contributed by atoms with Crippen molar-refractivity contribution in [3.05, 3.63) is 38.6 Å². The maximum Gasteiger partial charge on any atom is 0.163 e. The Labute approximate surface area is 130 Å². The largest absolute Gasteiger partial charge is 0.372 e. The first kappa shape index (κ1) is 13.1. The Morgan fingerprint density at radius 2 is 2.00 bits per heavy atom. The first-order valence-corrected chi connectivity index (χ1v) is 7.66. The molecule has 0 amide bonds. The molecule has 1 aromatic carbocycles. The zero-order valence-electron chi connectivity index (χ0n) is 10.5. The maximum absolute atomic E-state index is 6.24. The predicted octanol–water partition coefficient (Wildman–Crippen LogP) is 4.32. The van der Waals surface area contributed by atoms with Crippen LogP contribution in [0.4, 0.5) is 5.82 Å². The number of hydrogen-bond donors (Lipinski definition) is 1. The first-order valence-electron chi connectivity index (χ1n) is 6.20. The van der Waals surface area contributed by atoms with Crippen molar-refractivity contribution in [3.8, 4) is 11.4 Å². The monoisotopic (exact) mass is 385 g/mol. The standard InChI is InChI=1S/C14H13ClIN3/c1-17-14-11(16)12(8-6-7-8)18-13(19-14)9-4-2-3-5-10(9)15/h2-5,8H,6-7H2,1H3,(H,17,18,19). The Bertz CT molecular complexity index is 626. The fourth-order valence-electron chi connectivity index (χ4n) is 2.02. The molecule has 1 saturated carbocycles. The van der Waals surface area contributed by atoms with E-state index in [1.165, 1.54) is 12.8 Å². The molecule has 98 valence electrons. The van der Waals surface area contributed by atoms with E-state index < -0.39 is 0 Å². The lowest BCUT2D eigenvalue weighted by Crippen LogP contribution is -2.04. The Kier molecular flexibility index (Phi) is 3.62. The van der Waals surface area contributed by atoms with E-state index in [0.29, 0.717) is 16.8 Å². The molecule has 1 heterocycles. The van der Waals surface area contributed by atoms with Gasteiger partial charge in [-0.15, -0.1) is 0 Å². The highest BCUT2D eigenvalue weighted by Gasteiger charge is 2.29.